The molecule has 4 nitrogen and oxygen atoms in total. The monoisotopic (exact) mass is 235 g/mol. The van der Waals surface area contributed by atoms with Crippen molar-refractivity contribution in [2.24, 2.45) is 5.90 Å². The zero-order valence-corrected chi connectivity index (χ0v) is 8.84. The molecule has 1 aromatic rings. The Bertz CT molecular complexity index is 360. The van der Waals surface area contributed by atoms with Crippen molar-refractivity contribution in [2.45, 2.75) is 6.42 Å². The lowest BCUT2D eigenvalue weighted by Gasteiger charge is -2.10. The van der Waals surface area contributed by atoms with Crippen molar-refractivity contribution in [1.29, 1.82) is 0 Å². The molecule has 0 aliphatic carbocycles. The molecule has 15 heavy (non-hydrogen) atoms. The molecule has 0 aliphatic rings. The van der Waals surface area contributed by atoms with Gasteiger partial charge in [-0.3, -0.25) is 0 Å². The van der Waals surface area contributed by atoms with Crippen LogP contribution >= 0.6 is 11.6 Å². The van der Waals surface area contributed by atoms with E-state index >= 15 is 0 Å². The average molecular weight is 236 g/mol. The Labute approximate surface area is 91.3 Å². The van der Waals surface area contributed by atoms with Crippen LogP contribution in [0.2, 0.25) is 5.02 Å². The van der Waals surface area contributed by atoms with Gasteiger partial charge in [0.2, 0.25) is 0 Å². The standard InChI is InChI=1S/C9H11ClFNO3/c1-14-9-7(11)6(10)4-5(8(9)13)2-3-15-12/h4,13H,2-3,12H2,1H3. The van der Waals surface area contributed by atoms with Gasteiger partial charge < -0.3 is 14.7 Å². The number of benzene rings is 1. The van der Waals surface area contributed by atoms with Gasteiger partial charge in [-0.2, -0.15) is 0 Å². The Hall–Kier alpha value is -1.04. The van der Waals surface area contributed by atoms with E-state index in [-0.39, 0.29) is 23.1 Å². The van der Waals surface area contributed by atoms with Crippen LogP contribution in [0, 0.1) is 5.82 Å². The first kappa shape index (κ1) is 12.0. The van der Waals surface area contributed by atoms with Gasteiger partial charge in [-0.05, 0) is 6.07 Å². The molecule has 1 aromatic carbocycles. The highest BCUT2D eigenvalue weighted by molar-refractivity contribution is 6.31. The molecule has 0 aliphatic heterocycles. The fourth-order valence-corrected chi connectivity index (χ4v) is 1.41. The van der Waals surface area contributed by atoms with Crippen molar-refractivity contribution in [3.05, 3.63) is 22.5 Å². The average Bonchev–Trinajstić information content (AvgIpc) is 2.22. The summed E-state index contributed by atoms with van der Waals surface area (Å²) in [7, 11) is 1.25. The van der Waals surface area contributed by atoms with Gasteiger partial charge in [0.05, 0.1) is 18.7 Å². The first-order valence-electron chi connectivity index (χ1n) is 4.17. The van der Waals surface area contributed by atoms with E-state index in [9.17, 15) is 9.50 Å². The second kappa shape index (κ2) is 5.16. The Morgan fingerprint density at radius 2 is 2.27 bits per heavy atom. The van der Waals surface area contributed by atoms with Crippen LogP contribution < -0.4 is 10.6 Å². The third-order valence-corrected chi connectivity index (χ3v) is 2.20. The summed E-state index contributed by atoms with van der Waals surface area (Å²) in [6, 6.07) is 1.31. The number of halogens is 2. The number of nitrogens with two attached hydrogens (primary N) is 1. The maximum atomic E-state index is 13.3. The smallest absolute Gasteiger partial charge is 0.198 e. The van der Waals surface area contributed by atoms with Crippen LogP contribution in [0.1, 0.15) is 5.56 Å². The Balaban J connectivity index is 3.12. The van der Waals surface area contributed by atoms with Gasteiger partial charge in [-0.1, -0.05) is 11.6 Å². The number of methoxy groups -OCH3 is 1. The van der Waals surface area contributed by atoms with Crippen LogP contribution in [0.15, 0.2) is 6.07 Å². The van der Waals surface area contributed by atoms with E-state index < -0.39 is 5.82 Å². The van der Waals surface area contributed by atoms with Gasteiger partial charge >= 0.3 is 0 Å². The predicted octanol–water partition coefficient (Wildman–Crippen LogP) is 1.63. The first-order valence-corrected chi connectivity index (χ1v) is 4.55. The van der Waals surface area contributed by atoms with Crippen LogP contribution in [0.5, 0.6) is 11.5 Å². The van der Waals surface area contributed by atoms with Crippen molar-refractivity contribution in [3.8, 4) is 11.5 Å². The van der Waals surface area contributed by atoms with Gasteiger partial charge in [-0.15, -0.1) is 0 Å². The third kappa shape index (κ3) is 2.50. The van der Waals surface area contributed by atoms with Crippen molar-refractivity contribution >= 4 is 11.6 Å². The van der Waals surface area contributed by atoms with Gasteiger partial charge in [0.25, 0.3) is 0 Å². The summed E-state index contributed by atoms with van der Waals surface area (Å²) in [6.07, 6.45) is 0.318. The lowest BCUT2D eigenvalue weighted by Crippen LogP contribution is -2.04. The minimum atomic E-state index is -0.783. The highest BCUT2D eigenvalue weighted by atomic mass is 35.5. The van der Waals surface area contributed by atoms with Gasteiger partial charge in [0.15, 0.2) is 17.3 Å². The molecule has 3 N–H and O–H groups in total. The summed E-state index contributed by atoms with van der Waals surface area (Å²) in [6.45, 7) is 0.193. The number of ether oxygens (including phenoxy) is 1. The van der Waals surface area contributed by atoms with Crippen molar-refractivity contribution in [2.75, 3.05) is 13.7 Å². The number of rotatable bonds is 4. The lowest BCUT2D eigenvalue weighted by atomic mass is 10.1. The van der Waals surface area contributed by atoms with E-state index in [0.29, 0.717) is 12.0 Å². The number of hydrogen-bond donors (Lipinski definition) is 2. The molecular formula is C9H11ClFNO3. The van der Waals surface area contributed by atoms with Crippen LogP contribution in [-0.2, 0) is 11.3 Å². The SMILES string of the molecule is COc1c(O)c(CCON)cc(Cl)c1F. The van der Waals surface area contributed by atoms with E-state index in [1.165, 1.54) is 13.2 Å². The number of aromatic hydroxyl groups is 1. The van der Waals surface area contributed by atoms with E-state index in [4.69, 9.17) is 22.2 Å². The normalized spacial score (nSPS) is 10.4. The summed E-state index contributed by atoms with van der Waals surface area (Å²) >= 11 is 5.61. The molecule has 6 heteroatoms. The maximum absolute atomic E-state index is 13.3. The van der Waals surface area contributed by atoms with Crippen molar-refractivity contribution < 1.29 is 19.1 Å². The molecule has 0 fully saturated rings. The molecule has 0 aromatic heterocycles. The molecular weight excluding hydrogens is 225 g/mol. The molecule has 0 heterocycles. The van der Waals surface area contributed by atoms with E-state index in [2.05, 4.69) is 4.84 Å². The highest BCUT2D eigenvalue weighted by Crippen LogP contribution is 2.37. The number of phenolic OH excluding ortho intramolecular Hbond substituents is 1. The van der Waals surface area contributed by atoms with E-state index in [0.717, 1.165) is 0 Å². The molecule has 0 spiro atoms. The molecule has 0 amide bonds. The second-order valence-corrected chi connectivity index (χ2v) is 3.24. The van der Waals surface area contributed by atoms with E-state index in [1.54, 1.807) is 0 Å². The summed E-state index contributed by atoms with van der Waals surface area (Å²) in [4.78, 5) is 4.36. The van der Waals surface area contributed by atoms with Gasteiger partial charge in [0.1, 0.15) is 0 Å². The Morgan fingerprint density at radius 3 is 2.80 bits per heavy atom. The minimum absolute atomic E-state index is 0.114. The molecule has 0 saturated carbocycles. The molecule has 84 valence electrons. The van der Waals surface area contributed by atoms with E-state index in [1.807, 2.05) is 0 Å². The largest absolute Gasteiger partial charge is 0.504 e. The summed E-state index contributed by atoms with van der Waals surface area (Å²) < 4.78 is 18.0. The molecule has 0 saturated heterocycles. The zero-order chi connectivity index (χ0) is 11.4. The molecule has 0 unspecified atom stereocenters. The van der Waals surface area contributed by atoms with Gasteiger partial charge in [0, 0.05) is 12.0 Å². The van der Waals surface area contributed by atoms with Gasteiger partial charge in [-0.25, -0.2) is 10.3 Å². The van der Waals surface area contributed by atoms with Crippen LogP contribution in [0.25, 0.3) is 0 Å². The highest BCUT2D eigenvalue weighted by Gasteiger charge is 2.17. The summed E-state index contributed by atoms with van der Waals surface area (Å²) in [5.74, 6) is 3.51. The molecule has 0 bridgehead atoms. The number of phenols is 1. The molecule has 0 radical (unpaired) electrons. The fourth-order valence-electron chi connectivity index (χ4n) is 1.19. The summed E-state index contributed by atoms with van der Waals surface area (Å²) in [5, 5.41) is 9.49. The third-order valence-electron chi connectivity index (χ3n) is 1.92. The molecule has 0 atom stereocenters. The zero-order valence-electron chi connectivity index (χ0n) is 8.09. The Morgan fingerprint density at radius 1 is 1.60 bits per heavy atom. The maximum Gasteiger partial charge on any atom is 0.198 e. The quantitative estimate of drug-likeness (QED) is 0.779. The second-order valence-electron chi connectivity index (χ2n) is 2.83. The van der Waals surface area contributed by atoms with Crippen LogP contribution in [0.4, 0.5) is 4.39 Å². The minimum Gasteiger partial charge on any atom is -0.504 e. The number of hydrogen-bond acceptors (Lipinski definition) is 4. The topological polar surface area (TPSA) is 64.7 Å². The van der Waals surface area contributed by atoms with Crippen molar-refractivity contribution in [3.63, 3.8) is 0 Å². The molecule has 1 rings (SSSR count). The predicted molar refractivity (Wildman–Crippen MR) is 53.5 cm³/mol. The van der Waals surface area contributed by atoms with Crippen LogP contribution in [-0.4, -0.2) is 18.8 Å². The Kier molecular flexibility index (Phi) is 4.14. The fraction of sp³-hybridized carbons (Fsp3) is 0.333. The van der Waals surface area contributed by atoms with Crippen molar-refractivity contribution in [1.82, 2.24) is 0 Å². The lowest BCUT2D eigenvalue weighted by molar-refractivity contribution is 0.140. The van der Waals surface area contributed by atoms with Crippen LogP contribution in [0.3, 0.4) is 0 Å². The first-order chi connectivity index (χ1) is 7.11. The summed E-state index contributed by atoms with van der Waals surface area (Å²) in [5.41, 5.74) is 0.420.